The summed E-state index contributed by atoms with van der Waals surface area (Å²) in [7, 11) is -1.80. The van der Waals surface area contributed by atoms with Crippen molar-refractivity contribution < 1.29 is 17.8 Å². The molecule has 28 heavy (non-hydrogen) atoms. The van der Waals surface area contributed by atoms with Crippen molar-refractivity contribution in [2.75, 3.05) is 0 Å². The number of furan rings is 1. The fourth-order valence-corrected chi connectivity index (χ4v) is 4.09. The Morgan fingerprint density at radius 3 is 2.25 bits per heavy atom. The Morgan fingerprint density at radius 2 is 1.68 bits per heavy atom. The number of rotatable bonds is 6. The zero-order chi connectivity index (χ0) is 20.4. The van der Waals surface area contributed by atoms with E-state index in [1.165, 1.54) is 12.1 Å². The molecule has 1 N–H and O–H groups in total. The number of halogens is 1. The molecule has 6 heteroatoms. The molecule has 1 atom stereocenters. The van der Waals surface area contributed by atoms with Gasteiger partial charge in [0.2, 0.25) is 11.0 Å². The molecule has 0 saturated carbocycles. The summed E-state index contributed by atoms with van der Waals surface area (Å²) in [6.45, 7) is 7.86. The van der Waals surface area contributed by atoms with Gasteiger partial charge in [0, 0.05) is 11.5 Å². The van der Waals surface area contributed by atoms with Crippen LogP contribution in [-0.2, 0) is 22.2 Å². The lowest BCUT2D eigenvalue weighted by Crippen LogP contribution is -2.28. The van der Waals surface area contributed by atoms with E-state index in [1.54, 1.807) is 12.1 Å². The van der Waals surface area contributed by atoms with Crippen LogP contribution in [-0.4, -0.2) is 10.1 Å². The van der Waals surface area contributed by atoms with Gasteiger partial charge in [-0.15, -0.1) is 0 Å². The van der Waals surface area contributed by atoms with Crippen molar-refractivity contribution in [1.29, 1.82) is 0 Å². The topological polar surface area (TPSA) is 59.3 Å². The summed E-state index contributed by atoms with van der Waals surface area (Å²) in [6.07, 6.45) is 0.0350. The molecule has 148 valence electrons. The van der Waals surface area contributed by atoms with E-state index in [-0.39, 0.29) is 29.2 Å². The lowest BCUT2D eigenvalue weighted by Gasteiger charge is -2.19. The lowest BCUT2D eigenvalue weighted by atomic mass is 9.87. The first-order chi connectivity index (χ1) is 13.3. The highest BCUT2D eigenvalue weighted by atomic mass is 32.2. The first-order valence-corrected chi connectivity index (χ1v) is 10.4. The lowest BCUT2D eigenvalue weighted by molar-refractivity contribution is -0.118. The molecule has 4 nitrogen and oxygen atoms in total. The van der Waals surface area contributed by atoms with Gasteiger partial charge in [0.15, 0.2) is 11.0 Å². The molecule has 1 amide bonds. The highest BCUT2D eigenvalue weighted by Gasteiger charge is 2.20. The summed E-state index contributed by atoms with van der Waals surface area (Å²) in [4.78, 5) is 12.6. The second-order valence-corrected chi connectivity index (χ2v) is 8.59. The number of hydrogen-bond donors (Lipinski definition) is 1. The Labute approximate surface area is 166 Å². The summed E-state index contributed by atoms with van der Waals surface area (Å²) in [5, 5.41) is 1.02. The summed E-state index contributed by atoms with van der Waals surface area (Å²) in [5.74, 6) is -0.564. The summed E-state index contributed by atoms with van der Waals surface area (Å²) in [5.41, 5.74) is 3.01. The molecular weight excluding hydrogens is 377 g/mol. The van der Waals surface area contributed by atoms with Gasteiger partial charge in [0.25, 0.3) is 0 Å². The second-order valence-electron chi connectivity index (χ2n) is 7.45. The molecule has 0 fully saturated rings. The van der Waals surface area contributed by atoms with Gasteiger partial charge >= 0.3 is 0 Å². The normalized spacial score (nSPS) is 12.7. The van der Waals surface area contributed by atoms with Gasteiger partial charge in [-0.2, -0.15) is 0 Å². The fraction of sp³-hybridized carbons (Fsp3) is 0.318. The molecule has 0 bridgehead atoms. The van der Waals surface area contributed by atoms with E-state index in [1.807, 2.05) is 45.9 Å². The number of amides is 1. The van der Waals surface area contributed by atoms with E-state index < -0.39 is 16.9 Å². The molecule has 0 radical (unpaired) electrons. The van der Waals surface area contributed by atoms with Gasteiger partial charge in [0.05, 0.1) is 6.42 Å². The third-order valence-corrected chi connectivity index (χ3v) is 5.64. The maximum atomic E-state index is 14.0. The molecule has 1 heterocycles. The molecule has 0 aliphatic heterocycles. The number of benzene rings is 2. The summed E-state index contributed by atoms with van der Waals surface area (Å²) < 4.78 is 34.6. The third kappa shape index (κ3) is 4.33. The van der Waals surface area contributed by atoms with Gasteiger partial charge in [0.1, 0.15) is 11.4 Å². The minimum absolute atomic E-state index is 0.0350. The molecule has 0 saturated heterocycles. The predicted molar refractivity (Wildman–Crippen MR) is 109 cm³/mol. The molecule has 1 unspecified atom stereocenters. The van der Waals surface area contributed by atoms with Gasteiger partial charge in [-0.25, -0.2) is 8.60 Å². The van der Waals surface area contributed by atoms with Crippen LogP contribution in [0.1, 0.15) is 56.2 Å². The highest BCUT2D eigenvalue weighted by Crippen LogP contribution is 2.29. The molecular formula is C22H24FNO3S. The molecule has 3 rings (SSSR count). The number of para-hydroxylation sites is 1. The van der Waals surface area contributed by atoms with Crippen LogP contribution in [0.5, 0.6) is 0 Å². The maximum Gasteiger partial charge on any atom is 0.236 e. The Kier molecular flexibility index (Phi) is 5.98. The van der Waals surface area contributed by atoms with Crippen molar-refractivity contribution in [1.82, 2.24) is 4.72 Å². The minimum Gasteiger partial charge on any atom is -0.445 e. The van der Waals surface area contributed by atoms with Crippen LogP contribution in [0.15, 0.2) is 52.0 Å². The number of carbonyl (C=O) groups is 1. The van der Waals surface area contributed by atoms with Crippen LogP contribution in [0.4, 0.5) is 4.39 Å². The van der Waals surface area contributed by atoms with E-state index in [0.29, 0.717) is 5.58 Å². The number of hydrogen-bond acceptors (Lipinski definition) is 3. The van der Waals surface area contributed by atoms with Crippen LogP contribution in [0.3, 0.4) is 0 Å². The molecule has 2 aromatic carbocycles. The quantitative estimate of drug-likeness (QED) is 0.618. The zero-order valence-corrected chi connectivity index (χ0v) is 17.2. The fourth-order valence-electron chi connectivity index (χ4n) is 3.31. The number of fused-ring (bicyclic) bond motifs is 1. The SMILES string of the molecule is CC(C)c1cc(F)cc(C(C)C)c1CC(=O)NS(=O)c1cc2ccccc2o1. The van der Waals surface area contributed by atoms with E-state index in [4.69, 9.17) is 4.42 Å². The smallest absolute Gasteiger partial charge is 0.236 e. The standard InChI is InChI=1S/C22H24FNO3S/c1-13(2)17-10-16(23)11-18(14(3)4)19(17)12-21(25)24-28(26)22-9-15-7-5-6-8-20(15)27-22/h5-11,13-14H,12H2,1-4H3,(H,24,25). The zero-order valence-electron chi connectivity index (χ0n) is 16.4. The van der Waals surface area contributed by atoms with E-state index in [9.17, 15) is 13.4 Å². The predicted octanol–water partition coefficient (Wildman–Crippen LogP) is 5.20. The van der Waals surface area contributed by atoms with Crippen molar-refractivity contribution in [2.24, 2.45) is 0 Å². The van der Waals surface area contributed by atoms with Crippen LogP contribution in [0, 0.1) is 5.82 Å². The van der Waals surface area contributed by atoms with Crippen molar-refractivity contribution in [3.63, 3.8) is 0 Å². The van der Waals surface area contributed by atoms with Gasteiger partial charge in [-0.05, 0) is 46.7 Å². The molecule has 3 aromatic rings. The van der Waals surface area contributed by atoms with Gasteiger partial charge in [-0.3, -0.25) is 9.52 Å². The summed E-state index contributed by atoms with van der Waals surface area (Å²) in [6, 6.07) is 11.9. The van der Waals surface area contributed by atoms with E-state index in [2.05, 4.69) is 4.72 Å². The number of carbonyl (C=O) groups excluding carboxylic acids is 1. The largest absolute Gasteiger partial charge is 0.445 e. The van der Waals surface area contributed by atoms with Gasteiger partial charge < -0.3 is 4.42 Å². The maximum absolute atomic E-state index is 14.0. The van der Waals surface area contributed by atoms with Gasteiger partial charge in [-0.1, -0.05) is 45.9 Å². The van der Waals surface area contributed by atoms with Crippen LogP contribution in [0.2, 0.25) is 0 Å². The molecule has 0 aliphatic carbocycles. The van der Waals surface area contributed by atoms with Crippen molar-refractivity contribution in [3.8, 4) is 0 Å². The molecule has 0 spiro atoms. The van der Waals surface area contributed by atoms with Crippen molar-refractivity contribution in [2.45, 2.75) is 51.0 Å². The van der Waals surface area contributed by atoms with Crippen LogP contribution >= 0.6 is 0 Å². The number of nitrogens with one attached hydrogen (secondary N) is 1. The minimum atomic E-state index is -1.80. The highest BCUT2D eigenvalue weighted by molar-refractivity contribution is 7.83. The van der Waals surface area contributed by atoms with Crippen LogP contribution in [0.25, 0.3) is 11.0 Å². The van der Waals surface area contributed by atoms with Crippen molar-refractivity contribution in [3.05, 3.63) is 65.0 Å². The Balaban J connectivity index is 1.83. The Bertz CT molecular complexity index is 977. The van der Waals surface area contributed by atoms with E-state index >= 15 is 0 Å². The monoisotopic (exact) mass is 401 g/mol. The third-order valence-electron chi connectivity index (χ3n) is 4.66. The average Bonchev–Trinajstić information content (AvgIpc) is 3.06. The van der Waals surface area contributed by atoms with E-state index in [0.717, 1.165) is 22.1 Å². The second kappa shape index (κ2) is 8.27. The summed E-state index contributed by atoms with van der Waals surface area (Å²) >= 11 is 0. The first kappa shape index (κ1) is 20.3. The van der Waals surface area contributed by atoms with Crippen LogP contribution < -0.4 is 4.72 Å². The Morgan fingerprint density at radius 1 is 1.07 bits per heavy atom. The Hall–Kier alpha value is -2.47. The molecule has 1 aromatic heterocycles. The molecule has 0 aliphatic rings. The average molecular weight is 402 g/mol. The first-order valence-electron chi connectivity index (χ1n) is 9.28. The van der Waals surface area contributed by atoms with Crippen molar-refractivity contribution >= 4 is 27.9 Å².